The first-order valence-electron chi connectivity index (χ1n) is 10.5. The number of rotatable bonds is 9. The van der Waals surface area contributed by atoms with Crippen LogP contribution in [0.5, 0.6) is 0 Å². The number of pyridine rings is 2. The molecule has 0 saturated heterocycles. The van der Waals surface area contributed by atoms with Crippen LogP contribution in [0.25, 0.3) is 10.8 Å². The van der Waals surface area contributed by atoms with E-state index in [0.29, 0.717) is 19.4 Å². The average molecular weight is 411 g/mol. The van der Waals surface area contributed by atoms with Gasteiger partial charge in [0.25, 0.3) is 0 Å². The Balaban J connectivity index is 1.66. The topological polar surface area (TPSA) is 80.9 Å². The van der Waals surface area contributed by atoms with Crippen LogP contribution >= 0.6 is 0 Å². The van der Waals surface area contributed by atoms with E-state index < -0.39 is 5.54 Å². The summed E-state index contributed by atoms with van der Waals surface area (Å²) >= 11 is 0. The van der Waals surface area contributed by atoms with Crippen LogP contribution in [0, 0.1) is 0 Å². The van der Waals surface area contributed by atoms with E-state index >= 15 is 0 Å². The molecule has 1 amide bonds. The van der Waals surface area contributed by atoms with Gasteiger partial charge in [-0.15, -0.1) is 0 Å². The molecular formula is C26H26N4O. The van der Waals surface area contributed by atoms with E-state index in [1.165, 1.54) is 0 Å². The van der Waals surface area contributed by atoms with Crippen molar-refractivity contribution in [3.63, 3.8) is 0 Å². The zero-order valence-electron chi connectivity index (χ0n) is 17.4. The first kappa shape index (κ1) is 20.7. The van der Waals surface area contributed by atoms with Crippen LogP contribution in [-0.2, 0) is 23.2 Å². The maximum Gasteiger partial charge on any atom is 0.242 e. The molecule has 0 aliphatic carbocycles. The summed E-state index contributed by atoms with van der Waals surface area (Å²) in [5.74, 6) is -0.372. The van der Waals surface area contributed by atoms with Gasteiger partial charge in [-0.25, -0.2) is 0 Å². The Kier molecular flexibility index (Phi) is 6.34. The fourth-order valence-corrected chi connectivity index (χ4v) is 3.99. The molecule has 4 rings (SSSR count). The third kappa shape index (κ3) is 4.78. The Morgan fingerprint density at radius 2 is 1.65 bits per heavy atom. The normalized spacial score (nSPS) is 13.0. The molecule has 4 aromatic rings. The average Bonchev–Trinajstić information content (AvgIpc) is 2.82. The number of carbonyl (C=O) groups excluding carboxylic acids is 1. The summed E-state index contributed by atoms with van der Waals surface area (Å²) in [5.41, 5.74) is 8.21. The van der Waals surface area contributed by atoms with Gasteiger partial charge in [0, 0.05) is 31.3 Å². The lowest BCUT2D eigenvalue weighted by Crippen LogP contribution is -2.53. The highest BCUT2D eigenvalue weighted by atomic mass is 16.1. The monoisotopic (exact) mass is 410 g/mol. The number of primary amides is 1. The van der Waals surface area contributed by atoms with Gasteiger partial charge in [0.1, 0.15) is 5.54 Å². The Morgan fingerprint density at radius 1 is 0.839 bits per heavy atom. The SMILES string of the molecule is NC(=O)C(CCc1ccncc1)(NCCc1cccnc1)c1ccc2ccccc2c1. The molecule has 156 valence electrons. The molecule has 0 aliphatic rings. The van der Waals surface area contributed by atoms with E-state index in [4.69, 9.17) is 5.73 Å². The number of benzene rings is 2. The molecule has 5 nitrogen and oxygen atoms in total. The van der Waals surface area contributed by atoms with Crippen LogP contribution in [0.4, 0.5) is 0 Å². The minimum Gasteiger partial charge on any atom is -0.368 e. The van der Waals surface area contributed by atoms with E-state index in [1.54, 1.807) is 18.6 Å². The number of hydrogen-bond acceptors (Lipinski definition) is 4. The van der Waals surface area contributed by atoms with Crippen LogP contribution in [0.3, 0.4) is 0 Å². The van der Waals surface area contributed by atoms with Crippen molar-refractivity contribution in [2.45, 2.75) is 24.8 Å². The zero-order chi connectivity index (χ0) is 21.5. The van der Waals surface area contributed by atoms with Crippen LogP contribution in [-0.4, -0.2) is 22.4 Å². The molecule has 0 aliphatic heterocycles. The van der Waals surface area contributed by atoms with Crippen molar-refractivity contribution in [1.82, 2.24) is 15.3 Å². The van der Waals surface area contributed by atoms with Gasteiger partial charge >= 0.3 is 0 Å². The Labute approximate surface area is 182 Å². The molecule has 31 heavy (non-hydrogen) atoms. The number of aryl methyl sites for hydroxylation is 1. The van der Waals surface area contributed by atoms with Gasteiger partial charge in [-0.05, 0) is 71.0 Å². The lowest BCUT2D eigenvalue weighted by molar-refractivity contribution is -0.125. The predicted molar refractivity (Wildman–Crippen MR) is 123 cm³/mol. The number of nitrogens with zero attached hydrogens (tertiary/aromatic N) is 2. The summed E-state index contributed by atoms with van der Waals surface area (Å²) in [6, 6.07) is 22.2. The van der Waals surface area contributed by atoms with Crippen LogP contribution in [0.1, 0.15) is 23.1 Å². The molecule has 0 spiro atoms. The maximum atomic E-state index is 13.0. The Bertz CT molecular complexity index is 1150. The smallest absolute Gasteiger partial charge is 0.242 e. The van der Waals surface area contributed by atoms with Gasteiger partial charge in [-0.2, -0.15) is 0 Å². The number of aromatic nitrogens is 2. The largest absolute Gasteiger partial charge is 0.368 e. The Morgan fingerprint density at radius 3 is 2.39 bits per heavy atom. The minimum atomic E-state index is -0.977. The first-order chi connectivity index (χ1) is 15.2. The van der Waals surface area contributed by atoms with Gasteiger partial charge in [-0.1, -0.05) is 42.5 Å². The molecule has 0 bridgehead atoms. The highest BCUT2D eigenvalue weighted by Crippen LogP contribution is 2.30. The number of nitrogens with one attached hydrogen (secondary N) is 1. The second-order valence-corrected chi connectivity index (χ2v) is 7.73. The van der Waals surface area contributed by atoms with Crippen molar-refractivity contribution in [2.75, 3.05) is 6.54 Å². The van der Waals surface area contributed by atoms with Crippen molar-refractivity contribution in [3.8, 4) is 0 Å². The van der Waals surface area contributed by atoms with Crippen molar-refractivity contribution in [1.29, 1.82) is 0 Å². The molecule has 1 atom stereocenters. The minimum absolute atomic E-state index is 0.372. The van der Waals surface area contributed by atoms with Crippen molar-refractivity contribution in [3.05, 3.63) is 108 Å². The molecule has 0 radical (unpaired) electrons. The molecule has 3 N–H and O–H groups in total. The lowest BCUT2D eigenvalue weighted by atomic mass is 9.82. The van der Waals surface area contributed by atoms with Gasteiger partial charge < -0.3 is 5.73 Å². The number of carbonyl (C=O) groups is 1. The summed E-state index contributed by atoms with van der Waals surface area (Å²) in [6.07, 6.45) is 9.16. The van der Waals surface area contributed by atoms with Gasteiger partial charge in [0.15, 0.2) is 0 Å². The molecule has 2 aromatic heterocycles. The van der Waals surface area contributed by atoms with Gasteiger partial charge in [0.05, 0.1) is 0 Å². The van der Waals surface area contributed by atoms with E-state index in [9.17, 15) is 4.79 Å². The third-order valence-corrected chi connectivity index (χ3v) is 5.76. The van der Waals surface area contributed by atoms with Crippen molar-refractivity contribution < 1.29 is 4.79 Å². The number of nitrogens with two attached hydrogens (primary N) is 1. The number of amides is 1. The highest BCUT2D eigenvalue weighted by Gasteiger charge is 2.37. The summed E-state index contributed by atoms with van der Waals surface area (Å²) in [6.45, 7) is 0.609. The summed E-state index contributed by atoms with van der Waals surface area (Å²) in [5, 5.41) is 5.73. The maximum absolute atomic E-state index is 13.0. The summed E-state index contributed by atoms with van der Waals surface area (Å²) in [7, 11) is 0. The second kappa shape index (κ2) is 9.49. The van der Waals surface area contributed by atoms with Crippen molar-refractivity contribution >= 4 is 16.7 Å². The molecule has 5 heteroatoms. The Hall–Kier alpha value is -3.57. The van der Waals surface area contributed by atoms with E-state index in [0.717, 1.165) is 33.9 Å². The molecule has 0 fully saturated rings. The molecule has 1 unspecified atom stereocenters. The van der Waals surface area contributed by atoms with E-state index in [-0.39, 0.29) is 5.91 Å². The van der Waals surface area contributed by atoms with E-state index in [2.05, 4.69) is 39.6 Å². The zero-order valence-corrected chi connectivity index (χ0v) is 17.4. The molecule has 2 aromatic carbocycles. The van der Waals surface area contributed by atoms with Crippen LogP contribution in [0.15, 0.2) is 91.5 Å². The predicted octanol–water partition coefficient (Wildman–Crippen LogP) is 3.78. The fourth-order valence-electron chi connectivity index (χ4n) is 3.99. The second-order valence-electron chi connectivity index (χ2n) is 7.73. The molecule has 0 saturated carbocycles. The quantitative estimate of drug-likeness (QED) is 0.440. The molecular weight excluding hydrogens is 384 g/mol. The van der Waals surface area contributed by atoms with Gasteiger partial charge in [-0.3, -0.25) is 20.1 Å². The first-order valence-corrected chi connectivity index (χ1v) is 10.5. The summed E-state index contributed by atoms with van der Waals surface area (Å²) in [4.78, 5) is 21.2. The van der Waals surface area contributed by atoms with E-state index in [1.807, 2.05) is 48.7 Å². The van der Waals surface area contributed by atoms with Crippen LogP contribution < -0.4 is 11.1 Å². The standard InChI is InChI=1S/C26H26N4O/c27-25(31)26(13-9-20-10-15-28-16-11-20,30-17-12-21-4-3-14-29-19-21)24-8-7-22-5-1-2-6-23(22)18-24/h1-8,10-11,14-16,18-19,30H,9,12-13,17H2,(H2,27,31). The number of hydrogen-bond donors (Lipinski definition) is 2. The third-order valence-electron chi connectivity index (χ3n) is 5.76. The number of fused-ring (bicyclic) bond motifs is 1. The highest BCUT2D eigenvalue weighted by molar-refractivity contribution is 5.89. The van der Waals surface area contributed by atoms with Crippen molar-refractivity contribution in [2.24, 2.45) is 5.73 Å². The van der Waals surface area contributed by atoms with Gasteiger partial charge in [0.2, 0.25) is 5.91 Å². The summed E-state index contributed by atoms with van der Waals surface area (Å²) < 4.78 is 0. The van der Waals surface area contributed by atoms with Crippen LogP contribution in [0.2, 0.25) is 0 Å². The fraction of sp³-hybridized carbons (Fsp3) is 0.192. The lowest BCUT2D eigenvalue weighted by Gasteiger charge is -2.33. The molecule has 2 heterocycles.